The lowest BCUT2D eigenvalue weighted by Gasteiger charge is -2.36. The van der Waals surface area contributed by atoms with Crippen molar-refractivity contribution in [2.45, 2.75) is 40.0 Å². The molecule has 3 nitrogen and oxygen atoms in total. The molecule has 1 aromatic heterocycles. The van der Waals surface area contributed by atoms with Crippen LogP contribution in [0.3, 0.4) is 0 Å². The van der Waals surface area contributed by atoms with Crippen LogP contribution in [-0.2, 0) is 4.79 Å². The van der Waals surface area contributed by atoms with E-state index < -0.39 is 0 Å². The van der Waals surface area contributed by atoms with Gasteiger partial charge in [0.05, 0.1) is 16.9 Å². The van der Waals surface area contributed by atoms with E-state index in [2.05, 4.69) is 31.1 Å². The van der Waals surface area contributed by atoms with Crippen molar-refractivity contribution in [2.24, 2.45) is 23.7 Å². The van der Waals surface area contributed by atoms with Crippen LogP contribution >= 0.6 is 11.6 Å². The highest BCUT2D eigenvalue weighted by atomic mass is 35.5. The summed E-state index contributed by atoms with van der Waals surface area (Å²) in [6.45, 7) is 6.65. The monoisotopic (exact) mass is 294 g/mol. The predicted molar refractivity (Wildman–Crippen MR) is 82.7 cm³/mol. The van der Waals surface area contributed by atoms with Crippen LogP contribution < -0.4 is 5.32 Å². The topological polar surface area (TPSA) is 42.0 Å². The Labute approximate surface area is 126 Å². The van der Waals surface area contributed by atoms with E-state index in [0.29, 0.717) is 28.5 Å². The number of amides is 1. The number of halogens is 1. The number of nitrogens with one attached hydrogen (secondary N) is 1. The lowest BCUT2D eigenvalue weighted by atomic mass is 9.70. The van der Waals surface area contributed by atoms with Gasteiger partial charge >= 0.3 is 0 Å². The number of hydrogen-bond donors (Lipinski definition) is 1. The maximum Gasteiger partial charge on any atom is 0.227 e. The Kier molecular flexibility index (Phi) is 5.03. The predicted octanol–water partition coefficient (Wildman–Crippen LogP) is 4.38. The molecule has 4 heteroatoms. The van der Waals surface area contributed by atoms with Gasteiger partial charge in [0.15, 0.2) is 0 Å². The van der Waals surface area contributed by atoms with Crippen molar-refractivity contribution in [3.63, 3.8) is 0 Å². The van der Waals surface area contributed by atoms with Crippen LogP contribution in [0.2, 0.25) is 5.02 Å². The second-order valence-electron chi connectivity index (χ2n) is 6.31. The number of aromatic nitrogens is 1. The van der Waals surface area contributed by atoms with E-state index in [1.54, 1.807) is 18.5 Å². The van der Waals surface area contributed by atoms with Crippen molar-refractivity contribution in [1.82, 2.24) is 4.98 Å². The Balaban J connectivity index is 2.09. The minimum atomic E-state index is 0.0951. The normalized spacial score (nSPS) is 26.6. The van der Waals surface area contributed by atoms with E-state index >= 15 is 0 Å². The Bertz CT molecular complexity index is 475. The van der Waals surface area contributed by atoms with Crippen molar-refractivity contribution in [3.05, 3.63) is 23.5 Å². The first-order valence-corrected chi connectivity index (χ1v) is 7.76. The molecule has 1 heterocycles. The largest absolute Gasteiger partial charge is 0.324 e. The van der Waals surface area contributed by atoms with Crippen LogP contribution in [0.1, 0.15) is 40.0 Å². The molecular formula is C16H23ClN2O. The molecule has 0 aromatic carbocycles. The third kappa shape index (κ3) is 3.72. The van der Waals surface area contributed by atoms with Gasteiger partial charge in [0.1, 0.15) is 0 Å². The molecule has 1 aromatic rings. The maximum absolute atomic E-state index is 12.6. The summed E-state index contributed by atoms with van der Waals surface area (Å²) in [4.78, 5) is 16.6. The fraction of sp³-hybridized carbons (Fsp3) is 0.625. The second kappa shape index (κ2) is 6.57. The van der Waals surface area contributed by atoms with Crippen LogP contribution in [0.25, 0.3) is 0 Å². The molecule has 20 heavy (non-hydrogen) atoms. The van der Waals surface area contributed by atoms with Crippen molar-refractivity contribution in [3.8, 4) is 0 Å². The number of carbonyl (C=O) groups excluding carboxylic acids is 1. The van der Waals surface area contributed by atoms with Gasteiger partial charge in [-0.05, 0) is 36.7 Å². The Morgan fingerprint density at radius 3 is 2.80 bits per heavy atom. The van der Waals surface area contributed by atoms with Gasteiger partial charge in [0, 0.05) is 12.1 Å². The Morgan fingerprint density at radius 1 is 1.40 bits per heavy atom. The van der Waals surface area contributed by atoms with E-state index in [1.807, 2.05) is 0 Å². The van der Waals surface area contributed by atoms with Crippen molar-refractivity contribution in [1.29, 1.82) is 0 Å². The zero-order valence-corrected chi connectivity index (χ0v) is 13.2. The number of hydrogen-bond acceptors (Lipinski definition) is 2. The van der Waals surface area contributed by atoms with Gasteiger partial charge in [0.2, 0.25) is 5.91 Å². The molecular weight excluding hydrogens is 272 g/mol. The number of rotatable bonds is 3. The summed E-state index contributed by atoms with van der Waals surface area (Å²) in [5, 5.41) is 3.51. The van der Waals surface area contributed by atoms with Crippen LogP contribution in [0.15, 0.2) is 18.5 Å². The first kappa shape index (κ1) is 15.3. The molecule has 2 rings (SSSR count). The summed E-state index contributed by atoms with van der Waals surface area (Å²) in [6, 6.07) is 1.74. The first-order chi connectivity index (χ1) is 9.47. The van der Waals surface area contributed by atoms with Gasteiger partial charge in [-0.15, -0.1) is 0 Å². The molecule has 1 aliphatic carbocycles. The summed E-state index contributed by atoms with van der Waals surface area (Å²) in [7, 11) is 0. The lowest BCUT2D eigenvalue weighted by molar-refractivity contribution is -0.123. The average Bonchev–Trinajstić information content (AvgIpc) is 2.38. The van der Waals surface area contributed by atoms with Crippen molar-refractivity contribution >= 4 is 23.2 Å². The molecule has 0 radical (unpaired) electrons. The summed E-state index contributed by atoms with van der Waals surface area (Å²) in [5.74, 6) is 1.84. The summed E-state index contributed by atoms with van der Waals surface area (Å²) in [6.07, 6.45) is 6.55. The minimum Gasteiger partial charge on any atom is -0.324 e. The van der Waals surface area contributed by atoms with Crippen LogP contribution in [0.5, 0.6) is 0 Å². The number of pyridine rings is 1. The lowest BCUT2D eigenvalue weighted by Crippen LogP contribution is -2.36. The first-order valence-electron chi connectivity index (χ1n) is 7.38. The molecule has 0 spiro atoms. The van der Waals surface area contributed by atoms with Crippen LogP contribution in [-0.4, -0.2) is 10.9 Å². The smallest absolute Gasteiger partial charge is 0.227 e. The van der Waals surface area contributed by atoms with Gasteiger partial charge in [-0.1, -0.05) is 38.8 Å². The van der Waals surface area contributed by atoms with Crippen LogP contribution in [0.4, 0.5) is 5.69 Å². The van der Waals surface area contributed by atoms with E-state index in [9.17, 15) is 4.79 Å². The van der Waals surface area contributed by atoms with E-state index in [4.69, 9.17) is 11.6 Å². The van der Waals surface area contributed by atoms with Gasteiger partial charge in [-0.25, -0.2) is 0 Å². The van der Waals surface area contributed by atoms with Gasteiger partial charge < -0.3 is 5.32 Å². The molecule has 1 saturated carbocycles. The summed E-state index contributed by atoms with van der Waals surface area (Å²) < 4.78 is 0. The molecule has 0 unspecified atom stereocenters. The highest BCUT2D eigenvalue weighted by Gasteiger charge is 2.35. The molecule has 1 aliphatic rings. The molecule has 0 saturated heterocycles. The van der Waals surface area contributed by atoms with E-state index in [0.717, 1.165) is 12.8 Å². The standard InChI is InChI=1S/C16H23ClN2O/c1-10(2)14-5-4-11(3)6-15(14)16(20)19-13-7-12(17)8-18-9-13/h7-11,14-15H,4-6H2,1-3H3,(H,19,20)/t11-,14+,15-/m1/s1. The number of anilines is 1. The highest BCUT2D eigenvalue weighted by molar-refractivity contribution is 6.30. The SMILES string of the molecule is CC(C)[C@@H]1CC[C@@H](C)C[C@H]1C(=O)Nc1cncc(Cl)c1. The van der Waals surface area contributed by atoms with E-state index in [-0.39, 0.29) is 11.8 Å². The molecule has 1 amide bonds. The Hall–Kier alpha value is -1.09. The van der Waals surface area contributed by atoms with Crippen LogP contribution in [0, 0.1) is 23.7 Å². The fourth-order valence-electron chi connectivity index (χ4n) is 3.22. The highest BCUT2D eigenvalue weighted by Crippen LogP contribution is 2.38. The maximum atomic E-state index is 12.6. The fourth-order valence-corrected chi connectivity index (χ4v) is 3.39. The average molecular weight is 295 g/mol. The summed E-state index contributed by atoms with van der Waals surface area (Å²) >= 11 is 5.90. The quantitative estimate of drug-likeness (QED) is 0.899. The molecule has 1 N–H and O–H groups in total. The minimum absolute atomic E-state index is 0.0951. The number of carbonyl (C=O) groups is 1. The van der Waals surface area contributed by atoms with Gasteiger partial charge in [0.25, 0.3) is 0 Å². The van der Waals surface area contributed by atoms with Gasteiger partial charge in [-0.3, -0.25) is 9.78 Å². The third-order valence-corrected chi connectivity index (χ3v) is 4.54. The second-order valence-corrected chi connectivity index (χ2v) is 6.75. The van der Waals surface area contributed by atoms with E-state index in [1.165, 1.54) is 6.42 Å². The van der Waals surface area contributed by atoms with Gasteiger partial charge in [-0.2, -0.15) is 0 Å². The number of nitrogens with zero attached hydrogens (tertiary/aromatic N) is 1. The zero-order valence-electron chi connectivity index (χ0n) is 12.4. The third-order valence-electron chi connectivity index (χ3n) is 4.33. The Morgan fingerprint density at radius 2 is 2.15 bits per heavy atom. The zero-order chi connectivity index (χ0) is 14.7. The summed E-state index contributed by atoms with van der Waals surface area (Å²) in [5.41, 5.74) is 0.684. The molecule has 0 aliphatic heterocycles. The molecule has 0 bridgehead atoms. The van der Waals surface area contributed by atoms with Crippen molar-refractivity contribution in [2.75, 3.05) is 5.32 Å². The molecule has 110 valence electrons. The van der Waals surface area contributed by atoms with Crippen molar-refractivity contribution < 1.29 is 4.79 Å². The molecule has 1 fully saturated rings. The molecule has 3 atom stereocenters.